The minimum Gasteiger partial charge on any atom is -0.371 e. The first-order valence-electron chi connectivity index (χ1n) is 8.73. The van der Waals surface area contributed by atoms with Crippen molar-refractivity contribution in [1.29, 1.82) is 0 Å². The van der Waals surface area contributed by atoms with Crippen LogP contribution in [0, 0.1) is 0 Å². The summed E-state index contributed by atoms with van der Waals surface area (Å²) in [5.41, 5.74) is 10.4. The number of benzene rings is 2. The number of nitrogens with two attached hydrogens (primary N) is 1. The number of nitrogens with one attached hydrogen (secondary N) is 1. The van der Waals surface area contributed by atoms with Gasteiger partial charge in [0.05, 0.1) is 18.8 Å². The minimum absolute atomic E-state index is 0. The Balaban J connectivity index is 0.00000338. The van der Waals surface area contributed by atoms with Crippen LogP contribution in [0.25, 0.3) is 0 Å². The van der Waals surface area contributed by atoms with Gasteiger partial charge >= 0.3 is 0 Å². The summed E-state index contributed by atoms with van der Waals surface area (Å²) in [5, 5.41) is 3.15. The predicted octanol–water partition coefficient (Wildman–Crippen LogP) is 5.11. The van der Waals surface area contributed by atoms with E-state index in [0.29, 0.717) is 19.1 Å². The Morgan fingerprint density at radius 3 is 2.38 bits per heavy atom. The van der Waals surface area contributed by atoms with Gasteiger partial charge in [0, 0.05) is 5.69 Å². The normalized spacial score (nSPS) is 11.8. The molecule has 0 saturated carbocycles. The molecule has 0 aliphatic rings. The molecular formula is C21H30IN3O. The quantitative estimate of drug-likeness (QED) is 0.353. The summed E-state index contributed by atoms with van der Waals surface area (Å²) in [5.74, 6) is 0.421. The average Bonchev–Trinajstić information content (AvgIpc) is 2.58. The van der Waals surface area contributed by atoms with Crippen molar-refractivity contribution in [3.8, 4) is 0 Å². The molecule has 0 spiro atoms. The lowest BCUT2D eigenvalue weighted by Gasteiger charge is -2.19. The highest BCUT2D eigenvalue weighted by atomic mass is 127. The van der Waals surface area contributed by atoms with E-state index in [1.165, 1.54) is 5.56 Å². The van der Waals surface area contributed by atoms with Gasteiger partial charge in [-0.05, 0) is 56.0 Å². The summed E-state index contributed by atoms with van der Waals surface area (Å²) in [6.45, 7) is 9.43. The first-order chi connectivity index (χ1) is 11.9. The number of hydrogen-bond donors (Lipinski definition) is 2. The highest BCUT2D eigenvalue weighted by Crippen LogP contribution is 2.14. The van der Waals surface area contributed by atoms with Crippen LogP contribution in [0.2, 0.25) is 0 Å². The Kier molecular flexibility index (Phi) is 9.08. The fourth-order valence-corrected chi connectivity index (χ4v) is 2.35. The number of hydrogen-bond acceptors (Lipinski definition) is 2. The largest absolute Gasteiger partial charge is 0.371 e. The molecule has 0 aliphatic carbocycles. The smallest absolute Gasteiger partial charge is 0.193 e. The molecule has 5 heteroatoms. The molecule has 26 heavy (non-hydrogen) atoms. The molecule has 2 aromatic carbocycles. The number of halogens is 1. The zero-order valence-electron chi connectivity index (χ0n) is 16.1. The van der Waals surface area contributed by atoms with Gasteiger partial charge in [-0.1, -0.05) is 43.3 Å². The second-order valence-corrected chi connectivity index (χ2v) is 7.10. The monoisotopic (exact) mass is 467 g/mol. The number of nitrogens with zero attached hydrogens (tertiary/aromatic N) is 1. The van der Waals surface area contributed by atoms with E-state index in [4.69, 9.17) is 10.5 Å². The molecule has 0 heterocycles. The Bertz CT molecular complexity index is 723. The molecule has 0 aromatic heterocycles. The van der Waals surface area contributed by atoms with E-state index < -0.39 is 0 Å². The molecule has 2 rings (SSSR count). The molecule has 3 N–H and O–H groups in total. The van der Waals surface area contributed by atoms with Crippen molar-refractivity contribution in [2.75, 3.05) is 5.32 Å². The van der Waals surface area contributed by atoms with Gasteiger partial charge < -0.3 is 15.8 Å². The van der Waals surface area contributed by atoms with Crippen LogP contribution in [-0.2, 0) is 24.3 Å². The van der Waals surface area contributed by atoms with Crippen molar-refractivity contribution in [3.05, 3.63) is 65.2 Å². The van der Waals surface area contributed by atoms with Crippen LogP contribution in [0.1, 0.15) is 44.4 Å². The summed E-state index contributed by atoms with van der Waals surface area (Å²) < 4.78 is 5.82. The summed E-state index contributed by atoms with van der Waals surface area (Å²) >= 11 is 0. The SMILES string of the molecule is CCc1cccc(NC(N)=NCc2cccc(COC(C)(C)C)c2)c1.I. The van der Waals surface area contributed by atoms with Gasteiger partial charge in [-0.25, -0.2) is 4.99 Å². The molecule has 0 aliphatic heterocycles. The maximum absolute atomic E-state index is 6.01. The van der Waals surface area contributed by atoms with Crippen molar-refractivity contribution in [2.45, 2.75) is 52.9 Å². The Morgan fingerprint density at radius 2 is 1.69 bits per heavy atom. The Morgan fingerprint density at radius 1 is 1.04 bits per heavy atom. The Labute approximate surface area is 174 Å². The van der Waals surface area contributed by atoms with Gasteiger partial charge in [0.25, 0.3) is 0 Å². The first-order valence-corrected chi connectivity index (χ1v) is 8.73. The molecule has 0 amide bonds. The third-order valence-corrected chi connectivity index (χ3v) is 3.70. The van der Waals surface area contributed by atoms with Crippen LogP contribution in [0.4, 0.5) is 5.69 Å². The van der Waals surface area contributed by atoms with Crippen LogP contribution in [0.15, 0.2) is 53.5 Å². The van der Waals surface area contributed by atoms with E-state index in [1.54, 1.807) is 0 Å². The molecule has 4 nitrogen and oxygen atoms in total. The predicted molar refractivity (Wildman–Crippen MR) is 121 cm³/mol. The van der Waals surface area contributed by atoms with Crippen LogP contribution < -0.4 is 11.1 Å². The zero-order chi connectivity index (χ0) is 18.3. The lowest BCUT2D eigenvalue weighted by Crippen LogP contribution is -2.22. The zero-order valence-corrected chi connectivity index (χ0v) is 18.4. The molecular weight excluding hydrogens is 437 g/mol. The lowest BCUT2D eigenvalue weighted by atomic mass is 10.1. The molecule has 142 valence electrons. The first kappa shape index (κ1) is 22.4. The molecule has 0 atom stereocenters. The van der Waals surface area contributed by atoms with E-state index in [-0.39, 0.29) is 29.6 Å². The molecule has 0 saturated heterocycles. The molecule has 0 radical (unpaired) electrons. The highest BCUT2D eigenvalue weighted by molar-refractivity contribution is 14.0. The van der Waals surface area contributed by atoms with E-state index in [1.807, 2.05) is 18.2 Å². The van der Waals surface area contributed by atoms with E-state index in [2.05, 4.69) is 68.3 Å². The van der Waals surface area contributed by atoms with E-state index in [9.17, 15) is 0 Å². The van der Waals surface area contributed by atoms with Gasteiger partial charge in [0.1, 0.15) is 0 Å². The van der Waals surface area contributed by atoms with Crippen LogP contribution in [-0.4, -0.2) is 11.6 Å². The summed E-state index contributed by atoms with van der Waals surface area (Å²) in [6, 6.07) is 16.5. The van der Waals surface area contributed by atoms with E-state index in [0.717, 1.165) is 23.2 Å². The van der Waals surface area contributed by atoms with Gasteiger partial charge in [0.15, 0.2) is 5.96 Å². The maximum atomic E-state index is 6.01. The summed E-state index contributed by atoms with van der Waals surface area (Å²) in [6.07, 6.45) is 0.996. The highest BCUT2D eigenvalue weighted by Gasteiger charge is 2.10. The van der Waals surface area contributed by atoms with Gasteiger partial charge in [-0.15, -0.1) is 24.0 Å². The number of guanidine groups is 1. The molecule has 0 fully saturated rings. The standard InChI is InChI=1S/C21H29N3O.HI/c1-5-16-8-7-11-19(13-16)24-20(22)23-14-17-9-6-10-18(12-17)15-25-21(2,3)4;/h6-13H,5,14-15H2,1-4H3,(H3,22,23,24);1H. The lowest BCUT2D eigenvalue weighted by molar-refractivity contribution is -0.0149. The fraction of sp³-hybridized carbons (Fsp3) is 0.381. The third kappa shape index (κ3) is 8.19. The van der Waals surface area contributed by atoms with Crippen molar-refractivity contribution >= 4 is 35.6 Å². The number of anilines is 1. The summed E-state index contributed by atoms with van der Waals surface area (Å²) in [4.78, 5) is 4.44. The van der Waals surface area contributed by atoms with E-state index >= 15 is 0 Å². The molecule has 0 unspecified atom stereocenters. The second kappa shape index (κ2) is 10.5. The fourth-order valence-electron chi connectivity index (χ4n) is 2.35. The van der Waals surface area contributed by atoms with Crippen molar-refractivity contribution in [1.82, 2.24) is 0 Å². The number of aliphatic imine (C=N–C) groups is 1. The average molecular weight is 467 g/mol. The summed E-state index contributed by atoms with van der Waals surface area (Å²) in [7, 11) is 0. The number of ether oxygens (including phenoxy) is 1. The van der Waals surface area contributed by atoms with Crippen LogP contribution >= 0.6 is 24.0 Å². The van der Waals surface area contributed by atoms with Crippen molar-refractivity contribution in [3.63, 3.8) is 0 Å². The Hall–Kier alpha value is -1.60. The van der Waals surface area contributed by atoms with Gasteiger partial charge in [-0.2, -0.15) is 0 Å². The van der Waals surface area contributed by atoms with Gasteiger partial charge in [-0.3, -0.25) is 0 Å². The van der Waals surface area contributed by atoms with Crippen molar-refractivity contribution in [2.24, 2.45) is 10.7 Å². The third-order valence-electron chi connectivity index (χ3n) is 3.70. The topological polar surface area (TPSA) is 59.6 Å². The van der Waals surface area contributed by atoms with Crippen LogP contribution in [0.5, 0.6) is 0 Å². The van der Waals surface area contributed by atoms with Crippen LogP contribution in [0.3, 0.4) is 0 Å². The molecule has 2 aromatic rings. The minimum atomic E-state index is -0.143. The second-order valence-electron chi connectivity index (χ2n) is 7.10. The van der Waals surface area contributed by atoms with Crippen molar-refractivity contribution < 1.29 is 4.74 Å². The number of aryl methyl sites for hydroxylation is 1. The molecule has 0 bridgehead atoms. The number of rotatable bonds is 6. The van der Waals surface area contributed by atoms with Gasteiger partial charge in [0.2, 0.25) is 0 Å². The maximum Gasteiger partial charge on any atom is 0.193 e.